The largest absolute Gasteiger partial charge is 0.380 e. The predicted molar refractivity (Wildman–Crippen MR) is 139 cm³/mol. The third-order valence-corrected chi connectivity index (χ3v) is 4.62. The molecular weight excluding hydrogens is 410 g/mol. The Kier molecular flexibility index (Phi) is 7.49. The highest BCUT2D eigenvalue weighted by atomic mass is 16.5. The van der Waals surface area contributed by atoms with Gasteiger partial charge in [0.1, 0.15) is 0 Å². The molecule has 0 spiro atoms. The van der Waals surface area contributed by atoms with Gasteiger partial charge in [-0.2, -0.15) is 0 Å². The second-order valence-electron chi connectivity index (χ2n) is 10.1. The van der Waals surface area contributed by atoms with Crippen LogP contribution in [0.1, 0.15) is 47.2 Å². The summed E-state index contributed by atoms with van der Waals surface area (Å²) in [6.07, 6.45) is 3.62. The monoisotopic (exact) mass is 445 g/mol. The van der Waals surface area contributed by atoms with Crippen molar-refractivity contribution in [3.8, 4) is 0 Å². The summed E-state index contributed by atoms with van der Waals surface area (Å²) in [7, 11) is 1.66. The molecule has 0 aliphatic carbocycles. The Bertz CT molecular complexity index is 1200. The molecule has 6 nitrogen and oxygen atoms in total. The molecule has 4 aromatic rings. The van der Waals surface area contributed by atoms with Crippen molar-refractivity contribution in [2.75, 3.05) is 17.7 Å². The molecule has 0 saturated heterocycles. The Labute approximate surface area is 196 Å². The number of benzene rings is 1. The minimum Gasteiger partial charge on any atom is -0.380 e. The number of anilines is 2. The smallest absolute Gasteiger partial charge is 0.161 e. The van der Waals surface area contributed by atoms with Crippen LogP contribution in [0.25, 0.3) is 21.9 Å². The van der Waals surface area contributed by atoms with Gasteiger partial charge in [-0.25, -0.2) is 9.97 Å². The highest BCUT2D eigenvalue weighted by molar-refractivity contribution is 5.91. The van der Waals surface area contributed by atoms with Crippen molar-refractivity contribution in [3.05, 3.63) is 66.6 Å². The second-order valence-corrected chi connectivity index (χ2v) is 10.1. The van der Waals surface area contributed by atoms with E-state index in [1.165, 1.54) is 5.39 Å². The van der Waals surface area contributed by atoms with E-state index in [4.69, 9.17) is 4.74 Å². The number of ether oxygens (including phenoxy) is 1. The Morgan fingerprint density at radius 2 is 1.33 bits per heavy atom. The number of hydrogen-bond donors (Lipinski definition) is 2. The van der Waals surface area contributed by atoms with E-state index in [1.807, 2.05) is 48.7 Å². The quantitative estimate of drug-likeness (QED) is 0.377. The van der Waals surface area contributed by atoms with Gasteiger partial charge in [-0.15, -0.1) is 0 Å². The van der Waals surface area contributed by atoms with Gasteiger partial charge in [0.25, 0.3) is 0 Å². The highest BCUT2D eigenvalue weighted by Crippen LogP contribution is 2.24. The molecule has 0 saturated carbocycles. The zero-order valence-electron chi connectivity index (χ0n) is 20.7. The third-order valence-electron chi connectivity index (χ3n) is 4.62. The van der Waals surface area contributed by atoms with E-state index in [2.05, 4.69) is 73.2 Å². The van der Waals surface area contributed by atoms with Gasteiger partial charge in [-0.1, -0.05) is 18.2 Å². The lowest BCUT2D eigenvalue weighted by molar-refractivity contribution is 0.182. The average Bonchev–Trinajstić information content (AvgIpc) is 2.73. The fraction of sp³-hybridized carbons (Fsp3) is 0.370. The minimum atomic E-state index is 0.0134. The summed E-state index contributed by atoms with van der Waals surface area (Å²) in [4.78, 5) is 13.1. The number of para-hydroxylation sites is 1. The SMILES string of the molecule is CC(C)(C)Nc1ccnc2ccccc12.COCc1ccc2c(NC(C)(C)C)ccnc2n1. The van der Waals surface area contributed by atoms with Crippen LogP contribution < -0.4 is 10.6 Å². The Morgan fingerprint density at radius 3 is 1.97 bits per heavy atom. The lowest BCUT2D eigenvalue weighted by atomic mass is 10.1. The van der Waals surface area contributed by atoms with E-state index in [9.17, 15) is 0 Å². The molecule has 0 unspecified atom stereocenters. The van der Waals surface area contributed by atoms with Gasteiger partial charge in [0.15, 0.2) is 5.65 Å². The zero-order chi connectivity index (χ0) is 24.1. The highest BCUT2D eigenvalue weighted by Gasteiger charge is 2.13. The average molecular weight is 446 g/mol. The van der Waals surface area contributed by atoms with Gasteiger partial charge < -0.3 is 15.4 Å². The van der Waals surface area contributed by atoms with Crippen molar-refractivity contribution in [2.24, 2.45) is 0 Å². The number of rotatable bonds is 4. The number of fused-ring (bicyclic) bond motifs is 2. The van der Waals surface area contributed by atoms with Gasteiger partial charge in [0, 0.05) is 52.7 Å². The predicted octanol–water partition coefficient (Wildman–Crippen LogP) is 6.43. The van der Waals surface area contributed by atoms with E-state index in [1.54, 1.807) is 13.3 Å². The lowest BCUT2D eigenvalue weighted by Gasteiger charge is -2.23. The van der Waals surface area contributed by atoms with Crippen molar-refractivity contribution in [1.29, 1.82) is 0 Å². The molecule has 3 aromatic heterocycles. The summed E-state index contributed by atoms with van der Waals surface area (Å²) in [5.41, 5.74) is 4.97. The normalized spacial score (nSPS) is 11.7. The van der Waals surface area contributed by atoms with Crippen LogP contribution in [0.2, 0.25) is 0 Å². The summed E-state index contributed by atoms with van der Waals surface area (Å²) in [6, 6.07) is 16.2. The molecule has 0 aliphatic rings. The van der Waals surface area contributed by atoms with Crippen LogP contribution in [0.5, 0.6) is 0 Å². The van der Waals surface area contributed by atoms with Crippen molar-refractivity contribution in [2.45, 2.75) is 59.2 Å². The van der Waals surface area contributed by atoms with E-state index in [0.717, 1.165) is 33.6 Å². The first kappa shape index (κ1) is 24.4. The van der Waals surface area contributed by atoms with Crippen molar-refractivity contribution < 1.29 is 4.74 Å². The first-order chi connectivity index (χ1) is 15.6. The third kappa shape index (κ3) is 7.12. The molecule has 174 valence electrons. The number of pyridine rings is 3. The zero-order valence-corrected chi connectivity index (χ0v) is 20.7. The molecule has 3 heterocycles. The van der Waals surface area contributed by atoms with Gasteiger partial charge in [-0.05, 0) is 71.9 Å². The van der Waals surface area contributed by atoms with Crippen LogP contribution in [0.15, 0.2) is 60.9 Å². The van der Waals surface area contributed by atoms with Crippen LogP contribution in [0.3, 0.4) is 0 Å². The van der Waals surface area contributed by atoms with E-state index in [-0.39, 0.29) is 11.1 Å². The van der Waals surface area contributed by atoms with Gasteiger partial charge in [0.2, 0.25) is 0 Å². The summed E-state index contributed by atoms with van der Waals surface area (Å²) in [5, 5.41) is 9.16. The molecular formula is C27H35N5O. The Balaban J connectivity index is 0.000000189. The summed E-state index contributed by atoms with van der Waals surface area (Å²) >= 11 is 0. The molecule has 2 N–H and O–H groups in total. The van der Waals surface area contributed by atoms with Crippen molar-refractivity contribution in [1.82, 2.24) is 15.0 Å². The maximum atomic E-state index is 5.08. The van der Waals surface area contributed by atoms with Crippen molar-refractivity contribution >= 4 is 33.3 Å². The van der Waals surface area contributed by atoms with E-state index < -0.39 is 0 Å². The first-order valence-electron chi connectivity index (χ1n) is 11.2. The van der Waals surface area contributed by atoms with Crippen LogP contribution >= 0.6 is 0 Å². The van der Waals surface area contributed by atoms with E-state index in [0.29, 0.717) is 6.61 Å². The minimum absolute atomic E-state index is 0.0134. The number of hydrogen-bond acceptors (Lipinski definition) is 6. The van der Waals surface area contributed by atoms with Gasteiger partial charge in [0.05, 0.1) is 17.8 Å². The fourth-order valence-electron chi connectivity index (χ4n) is 3.42. The molecule has 1 aromatic carbocycles. The van der Waals surface area contributed by atoms with Gasteiger partial charge in [-0.3, -0.25) is 4.98 Å². The van der Waals surface area contributed by atoms with Crippen molar-refractivity contribution in [3.63, 3.8) is 0 Å². The maximum Gasteiger partial charge on any atom is 0.161 e. The molecule has 0 bridgehead atoms. The molecule has 0 amide bonds. The van der Waals surface area contributed by atoms with Crippen LogP contribution in [-0.4, -0.2) is 33.1 Å². The number of aromatic nitrogens is 3. The molecule has 0 radical (unpaired) electrons. The maximum absolute atomic E-state index is 5.08. The molecule has 0 aliphatic heterocycles. The number of nitrogens with zero attached hydrogens (tertiary/aromatic N) is 3. The van der Waals surface area contributed by atoms with Crippen LogP contribution in [0.4, 0.5) is 11.4 Å². The molecule has 0 fully saturated rings. The Hall–Kier alpha value is -3.25. The molecule has 6 heteroatoms. The first-order valence-corrected chi connectivity index (χ1v) is 11.2. The Morgan fingerprint density at radius 1 is 0.727 bits per heavy atom. The van der Waals surface area contributed by atoms with E-state index >= 15 is 0 Å². The molecule has 33 heavy (non-hydrogen) atoms. The fourth-order valence-corrected chi connectivity index (χ4v) is 3.42. The molecule has 4 rings (SSSR count). The molecule has 0 atom stereocenters. The summed E-state index contributed by atoms with van der Waals surface area (Å²) in [6.45, 7) is 13.4. The summed E-state index contributed by atoms with van der Waals surface area (Å²) < 4.78 is 5.08. The topological polar surface area (TPSA) is 72.0 Å². The van der Waals surface area contributed by atoms with Gasteiger partial charge >= 0.3 is 0 Å². The number of nitrogens with one attached hydrogen (secondary N) is 2. The van der Waals surface area contributed by atoms with Crippen LogP contribution in [0, 0.1) is 0 Å². The standard InChI is InChI=1S/C14H19N3O.C13H16N2/c1-14(2,3)17-12-7-8-15-13-11(12)6-5-10(16-13)9-18-4;1-13(2,3)15-12-8-9-14-11-7-5-4-6-10(11)12/h5-8H,9H2,1-4H3,(H,15,16,17);4-9H,1-3H3,(H,14,15). The van der Waals surface area contributed by atoms with Crippen LogP contribution in [-0.2, 0) is 11.3 Å². The second kappa shape index (κ2) is 10.1. The number of methoxy groups -OCH3 is 1. The summed E-state index contributed by atoms with van der Waals surface area (Å²) in [5.74, 6) is 0. The lowest BCUT2D eigenvalue weighted by Crippen LogP contribution is -2.26.